The summed E-state index contributed by atoms with van der Waals surface area (Å²) in [6.07, 6.45) is -18.5. The van der Waals surface area contributed by atoms with Crippen LogP contribution in [0.25, 0.3) is 0 Å². The van der Waals surface area contributed by atoms with Crippen molar-refractivity contribution in [2.75, 3.05) is 13.2 Å². The summed E-state index contributed by atoms with van der Waals surface area (Å²) in [7, 11) is 0. The van der Waals surface area contributed by atoms with Crippen molar-refractivity contribution < 1.29 is 69.3 Å². The average Bonchev–Trinajstić information content (AvgIpc) is 2.80. The zero-order valence-corrected chi connectivity index (χ0v) is 19.2. The number of nitrogens with one attached hydrogen (secondary N) is 1. The summed E-state index contributed by atoms with van der Waals surface area (Å²) < 4.78 is 27.7. The lowest BCUT2D eigenvalue weighted by Crippen LogP contribution is -2.68. The van der Waals surface area contributed by atoms with Gasteiger partial charge in [-0.15, -0.1) is 0 Å². The van der Waals surface area contributed by atoms with E-state index in [1.54, 1.807) is 0 Å². The smallest absolute Gasteiger partial charge is 0.217 e. The molecular formula is C20H35NO14. The van der Waals surface area contributed by atoms with Gasteiger partial charge in [0.15, 0.2) is 18.9 Å². The molecule has 1 amide bonds. The second-order valence-corrected chi connectivity index (χ2v) is 8.95. The van der Waals surface area contributed by atoms with Crippen molar-refractivity contribution in [2.24, 2.45) is 0 Å². The molecule has 0 saturated carbocycles. The van der Waals surface area contributed by atoms with Gasteiger partial charge in [0.05, 0.1) is 25.4 Å². The summed E-state index contributed by atoms with van der Waals surface area (Å²) in [5.41, 5.74) is 0. The third-order valence-corrected chi connectivity index (χ3v) is 6.34. The number of amides is 1. The maximum Gasteiger partial charge on any atom is 0.217 e. The van der Waals surface area contributed by atoms with Crippen molar-refractivity contribution in [1.29, 1.82) is 0 Å². The number of carbonyl (C=O) groups is 1. The van der Waals surface area contributed by atoms with Crippen LogP contribution in [0.1, 0.15) is 20.3 Å². The zero-order chi connectivity index (χ0) is 26.0. The molecule has 3 fully saturated rings. The average molecular weight is 513 g/mol. The number of carbonyl (C=O) groups excluding carboxylic acids is 1. The first-order chi connectivity index (χ1) is 16.5. The number of hydrogen-bond donors (Lipinski definition) is 9. The van der Waals surface area contributed by atoms with E-state index in [2.05, 4.69) is 5.32 Å². The molecule has 9 N–H and O–H groups in total. The summed E-state index contributed by atoms with van der Waals surface area (Å²) in [5.74, 6) is -0.603. The van der Waals surface area contributed by atoms with Gasteiger partial charge in [0.1, 0.15) is 54.9 Å². The lowest BCUT2D eigenvalue weighted by Gasteiger charge is -2.48. The van der Waals surface area contributed by atoms with Crippen LogP contribution in [0.15, 0.2) is 0 Å². The Bertz CT molecular complexity index is 701. The van der Waals surface area contributed by atoms with E-state index in [9.17, 15) is 45.6 Å². The number of aliphatic hydroxyl groups is 8. The molecule has 0 radical (unpaired) electrons. The highest BCUT2D eigenvalue weighted by Gasteiger charge is 2.53. The van der Waals surface area contributed by atoms with Crippen molar-refractivity contribution in [3.8, 4) is 0 Å². The van der Waals surface area contributed by atoms with Gasteiger partial charge in [-0.3, -0.25) is 4.79 Å². The summed E-state index contributed by atoms with van der Waals surface area (Å²) in [4.78, 5) is 11.7. The standard InChI is InChI=1S/C20H35NO14/c1-6-8(25)3-9(26)19(31-6)35-17-15(29)13(27)10(4-22)33-20(17)34-16-12(21-7(2)24)18(30)32-11(5-23)14(16)28/h6,8-20,22-23,25-30H,3-5H2,1-2H3,(H,21,24)/t6-,8-,9-,10+,11+,12+,13-,14+,15-,16+,17+,18+,19-,20-/m0/s1. The molecule has 14 atom stereocenters. The molecule has 3 saturated heterocycles. The van der Waals surface area contributed by atoms with Crippen LogP contribution in [-0.2, 0) is 28.5 Å². The predicted octanol–water partition coefficient (Wildman–Crippen LogP) is -5.37. The van der Waals surface area contributed by atoms with Crippen LogP contribution < -0.4 is 5.32 Å². The van der Waals surface area contributed by atoms with E-state index in [4.69, 9.17) is 23.7 Å². The summed E-state index contributed by atoms with van der Waals surface area (Å²) in [6, 6.07) is -1.35. The normalized spacial score (nSPS) is 49.0. The van der Waals surface area contributed by atoms with Gasteiger partial charge < -0.3 is 69.9 Å². The largest absolute Gasteiger partial charge is 0.394 e. The van der Waals surface area contributed by atoms with Crippen LogP contribution in [0.4, 0.5) is 0 Å². The molecule has 35 heavy (non-hydrogen) atoms. The van der Waals surface area contributed by atoms with Gasteiger partial charge in [-0.2, -0.15) is 0 Å². The number of hydrogen-bond acceptors (Lipinski definition) is 14. The second-order valence-electron chi connectivity index (χ2n) is 8.95. The van der Waals surface area contributed by atoms with Crippen molar-refractivity contribution in [3.05, 3.63) is 0 Å². The molecule has 0 unspecified atom stereocenters. The highest BCUT2D eigenvalue weighted by Crippen LogP contribution is 2.32. The van der Waals surface area contributed by atoms with Crippen molar-refractivity contribution in [2.45, 2.75) is 106 Å². The molecule has 0 bridgehead atoms. The van der Waals surface area contributed by atoms with E-state index in [1.165, 1.54) is 6.92 Å². The van der Waals surface area contributed by atoms with E-state index >= 15 is 0 Å². The maximum atomic E-state index is 11.7. The van der Waals surface area contributed by atoms with Crippen molar-refractivity contribution in [1.82, 2.24) is 5.32 Å². The molecule has 0 aromatic rings. The van der Waals surface area contributed by atoms with Gasteiger partial charge in [0.2, 0.25) is 5.91 Å². The summed E-state index contributed by atoms with van der Waals surface area (Å²) in [6.45, 7) is 1.25. The number of ether oxygens (including phenoxy) is 5. The van der Waals surface area contributed by atoms with Crippen LogP contribution in [0.5, 0.6) is 0 Å². The number of rotatable bonds is 7. The van der Waals surface area contributed by atoms with E-state index in [1.807, 2.05) is 0 Å². The SMILES string of the molecule is CC(=O)N[C@@H]1[C@@H](O[C@@H]2O[C@H](CO)[C@H](O)[C@H](O)[C@H]2O[C@@H]2O[C@@H](C)[C@@H](O)C[C@@H]2O)[C@H](O)[C@@H](CO)O[C@H]1O. The Morgan fingerprint density at radius 1 is 0.829 bits per heavy atom. The lowest BCUT2D eigenvalue weighted by molar-refractivity contribution is -0.374. The molecule has 204 valence electrons. The van der Waals surface area contributed by atoms with E-state index in [0.717, 1.165) is 6.92 Å². The van der Waals surface area contributed by atoms with Crippen LogP contribution in [0, 0.1) is 0 Å². The van der Waals surface area contributed by atoms with E-state index < -0.39 is 105 Å². The van der Waals surface area contributed by atoms with Gasteiger partial charge in [0, 0.05) is 13.3 Å². The Kier molecular flexibility index (Phi) is 9.78. The fraction of sp³-hybridized carbons (Fsp3) is 0.950. The molecule has 0 spiro atoms. The minimum Gasteiger partial charge on any atom is -0.394 e. The van der Waals surface area contributed by atoms with E-state index in [0.29, 0.717) is 0 Å². The topological polar surface area (TPSA) is 237 Å². The Morgan fingerprint density at radius 3 is 2.03 bits per heavy atom. The van der Waals surface area contributed by atoms with Gasteiger partial charge in [-0.05, 0) is 6.92 Å². The molecule has 3 aliphatic rings. The third-order valence-electron chi connectivity index (χ3n) is 6.34. The fourth-order valence-corrected chi connectivity index (χ4v) is 4.32. The van der Waals surface area contributed by atoms with Crippen LogP contribution in [0.2, 0.25) is 0 Å². The van der Waals surface area contributed by atoms with Gasteiger partial charge >= 0.3 is 0 Å². The first-order valence-electron chi connectivity index (χ1n) is 11.3. The Hall–Kier alpha value is -1.05. The minimum atomic E-state index is -1.74. The quantitative estimate of drug-likeness (QED) is 0.155. The molecule has 15 heteroatoms. The third kappa shape index (κ3) is 6.27. The molecule has 0 aromatic heterocycles. The monoisotopic (exact) mass is 513 g/mol. The maximum absolute atomic E-state index is 11.7. The van der Waals surface area contributed by atoms with E-state index in [-0.39, 0.29) is 6.42 Å². The summed E-state index contributed by atoms with van der Waals surface area (Å²) in [5, 5.41) is 83.7. The molecule has 0 aromatic carbocycles. The molecule has 15 nitrogen and oxygen atoms in total. The van der Waals surface area contributed by atoms with Crippen LogP contribution >= 0.6 is 0 Å². The lowest BCUT2D eigenvalue weighted by atomic mass is 9.95. The molecular weight excluding hydrogens is 478 g/mol. The minimum absolute atomic E-state index is 0.101. The highest BCUT2D eigenvalue weighted by molar-refractivity contribution is 5.73. The van der Waals surface area contributed by atoms with Crippen LogP contribution in [0.3, 0.4) is 0 Å². The molecule has 3 aliphatic heterocycles. The number of aliphatic hydroxyl groups excluding tert-OH is 8. The summed E-state index contributed by atoms with van der Waals surface area (Å²) >= 11 is 0. The fourth-order valence-electron chi connectivity index (χ4n) is 4.32. The second kappa shape index (κ2) is 12.0. The van der Waals surface area contributed by atoms with Crippen molar-refractivity contribution >= 4 is 5.91 Å². The Balaban J connectivity index is 1.87. The van der Waals surface area contributed by atoms with Gasteiger partial charge in [-0.25, -0.2) is 0 Å². The first kappa shape index (κ1) is 28.5. The Morgan fingerprint density at radius 2 is 1.43 bits per heavy atom. The van der Waals surface area contributed by atoms with Crippen LogP contribution in [-0.4, -0.2) is 146 Å². The van der Waals surface area contributed by atoms with Crippen molar-refractivity contribution in [3.63, 3.8) is 0 Å². The van der Waals surface area contributed by atoms with Gasteiger partial charge in [0.25, 0.3) is 0 Å². The molecule has 0 aliphatic carbocycles. The Labute approximate surface area is 200 Å². The zero-order valence-electron chi connectivity index (χ0n) is 19.2. The predicted molar refractivity (Wildman–Crippen MR) is 110 cm³/mol. The van der Waals surface area contributed by atoms with Gasteiger partial charge in [-0.1, -0.05) is 0 Å². The first-order valence-corrected chi connectivity index (χ1v) is 11.3. The highest BCUT2D eigenvalue weighted by atomic mass is 16.8. The molecule has 3 heterocycles. The molecule has 3 rings (SSSR count).